The minimum atomic E-state index is -0.306. The predicted octanol–water partition coefficient (Wildman–Crippen LogP) is 3.05. The molecule has 0 bridgehead atoms. The summed E-state index contributed by atoms with van der Waals surface area (Å²) in [5, 5.41) is 2.83. The fourth-order valence-electron chi connectivity index (χ4n) is 1.53. The summed E-state index contributed by atoms with van der Waals surface area (Å²) in [6.07, 6.45) is 2.33. The lowest BCUT2D eigenvalue weighted by atomic mass is 10.1. The molecule has 0 aliphatic rings. The first kappa shape index (κ1) is 14.2. The molecule has 2 nitrogen and oxygen atoms in total. The SMILES string of the molecule is CCCC(Br)CNC(=O)Cc1cccc(F)c1. The largest absolute Gasteiger partial charge is 0.355 e. The summed E-state index contributed by atoms with van der Waals surface area (Å²) >= 11 is 3.49. The van der Waals surface area contributed by atoms with Crippen LogP contribution in [0.1, 0.15) is 25.3 Å². The lowest BCUT2D eigenvalue weighted by Gasteiger charge is -2.10. The van der Waals surface area contributed by atoms with Crippen LogP contribution in [0.3, 0.4) is 0 Å². The first-order valence-corrected chi connectivity index (χ1v) is 6.68. The predicted molar refractivity (Wildman–Crippen MR) is 70.7 cm³/mol. The number of carbonyl (C=O) groups excluding carboxylic acids is 1. The Labute approximate surface area is 110 Å². The van der Waals surface area contributed by atoms with Crippen molar-refractivity contribution >= 4 is 21.8 Å². The maximum Gasteiger partial charge on any atom is 0.224 e. The summed E-state index contributed by atoms with van der Waals surface area (Å²) in [6.45, 7) is 2.71. The summed E-state index contributed by atoms with van der Waals surface area (Å²) in [5.74, 6) is -0.379. The van der Waals surface area contributed by atoms with Gasteiger partial charge in [-0.1, -0.05) is 41.4 Å². The fourth-order valence-corrected chi connectivity index (χ4v) is 2.15. The highest BCUT2D eigenvalue weighted by Gasteiger charge is 2.07. The highest BCUT2D eigenvalue weighted by atomic mass is 79.9. The van der Waals surface area contributed by atoms with Crippen molar-refractivity contribution in [2.75, 3.05) is 6.54 Å². The number of hydrogen-bond donors (Lipinski definition) is 1. The molecule has 0 aliphatic heterocycles. The Morgan fingerprint density at radius 1 is 1.53 bits per heavy atom. The van der Waals surface area contributed by atoms with Crippen LogP contribution in [0.4, 0.5) is 4.39 Å². The molecule has 0 saturated carbocycles. The van der Waals surface area contributed by atoms with E-state index in [4.69, 9.17) is 0 Å². The molecule has 94 valence electrons. The topological polar surface area (TPSA) is 29.1 Å². The van der Waals surface area contributed by atoms with Gasteiger partial charge in [-0.25, -0.2) is 4.39 Å². The van der Waals surface area contributed by atoms with Gasteiger partial charge >= 0.3 is 0 Å². The summed E-state index contributed by atoms with van der Waals surface area (Å²) in [4.78, 5) is 11.9. The Kier molecular flexibility index (Phi) is 6.19. The Hall–Kier alpha value is -0.900. The maximum absolute atomic E-state index is 12.9. The van der Waals surface area contributed by atoms with Crippen molar-refractivity contribution in [1.29, 1.82) is 0 Å². The number of benzene rings is 1. The van der Waals surface area contributed by atoms with Crippen LogP contribution in [0.25, 0.3) is 0 Å². The first-order chi connectivity index (χ1) is 8.11. The van der Waals surface area contributed by atoms with Crippen LogP contribution in [0.15, 0.2) is 24.3 Å². The van der Waals surface area contributed by atoms with E-state index in [1.165, 1.54) is 12.1 Å². The van der Waals surface area contributed by atoms with Gasteiger partial charge in [0, 0.05) is 11.4 Å². The third-order valence-corrected chi connectivity index (χ3v) is 3.16. The summed E-state index contributed by atoms with van der Waals surface area (Å²) in [5.41, 5.74) is 0.698. The molecule has 1 N–H and O–H groups in total. The van der Waals surface area contributed by atoms with Gasteiger partial charge in [0.2, 0.25) is 5.91 Å². The molecule has 0 saturated heterocycles. The molecule has 1 unspecified atom stereocenters. The number of halogens is 2. The van der Waals surface area contributed by atoms with Gasteiger partial charge in [-0.2, -0.15) is 0 Å². The zero-order chi connectivity index (χ0) is 12.7. The number of nitrogens with one attached hydrogen (secondary N) is 1. The molecular weight excluding hydrogens is 285 g/mol. The van der Waals surface area contributed by atoms with Crippen LogP contribution >= 0.6 is 15.9 Å². The summed E-state index contributed by atoms with van der Waals surface area (Å²) < 4.78 is 12.9. The molecule has 0 aliphatic carbocycles. The van der Waals surface area contributed by atoms with Crippen molar-refractivity contribution in [2.45, 2.75) is 31.0 Å². The zero-order valence-electron chi connectivity index (χ0n) is 9.88. The van der Waals surface area contributed by atoms with Gasteiger partial charge in [0.05, 0.1) is 6.42 Å². The van der Waals surface area contributed by atoms with Crippen LogP contribution in [0.5, 0.6) is 0 Å². The molecule has 0 radical (unpaired) electrons. The van der Waals surface area contributed by atoms with E-state index < -0.39 is 0 Å². The van der Waals surface area contributed by atoms with Crippen molar-refractivity contribution in [3.8, 4) is 0 Å². The number of alkyl halides is 1. The van der Waals surface area contributed by atoms with Gasteiger partial charge in [0.1, 0.15) is 5.82 Å². The standard InChI is InChI=1S/C13H17BrFNO/c1-2-4-11(14)9-16-13(17)8-10-5-3-6-12(15)7-10/h3,5-7,11H,2,4,8-9H2,1H3,(H,16,17). The molecule has 1 aromatic rings. The molecule has 0 aromatic heterocycles. The van der Waals surface area contributed by atoms with Crippen molar-refractivity contribution in [3.63, 3.8) is 0 Å². The number of carbonyl (C=O) groups is 1. The third kappa shape index (κ3) is 5.82. The third-order valence-electron chi connectivity index (χ3n) is 2.38. The average Bonchev–Trinajstić information content (AvgIpc) is 2.27. The second kappa shape index (κ2) is 7.43. The van der Waals surface area contributed by atoms with E-state index in [9.17, 15) is 9.18 Å². The van der Waals surface area contributed by atoms with Gasteiger partial charge < -0.3 is 5.32 Å². The second-order valence-corrected chi connectivity index (χ2v) is 5.29. The van der Waals surface area contributed by atoms with E-state index in [0.29, 0.717) is 16.9 Å². The molecule has 0 heterocycles. The molecule has 1 aromatic carbocycles. The quantitative estimate of drug-likeness (QED) is 0.804. The van der Waals surface area contributed by atoms with Crippen LogP contribution in [-0.2, 0) is 11.2 Å². The van der Waals surface area contributed by atoms with Gasteiger partial charge in [-0.05, 0) is 24.1 Å². The van der Waals surface area contributed by atoms with Crippen LogP contribution in [-0.4, -0.2) is 17.3 Å². The number of amides is 1. The molecule has 1 atom stereocenters. The van der Waals surface area contributed by atoms with Gasteiger partial charge in [0.25, 0.3) is 0 Å². The Balaban J connectivity index is 2.34. The maximum atomic E-state index is 12.9. The number of hydrogen-bond acceptors (Lipinski definition) is 1. The van der Waals surface area contributed by atoms with Crippen LogP contribution < -0.4 is 5.32 Å². The Morgan fingerprint density at radius 2 is 2.29 bits per heavy atom. The molecule has 0 spiro atoms. The molecule has 1 amide bonds. The normalized spacial score (nSPS) is 12.2. The molecular formula is C13H17BrFNO. The highest BCUT2D eigenvalue weighted by molar-refractivity contribution is 9.09. The smallest absolute Gasteiger partial charge is 0.224 e. The van der Waals surface area contributed by atoms with Gasteiger partial charge in [0.15, 0.2) is 0 Å². The zero-order valence-corrected chi connectivity index (χ0v) is 11.5. The van der Waals surface area contributed by atoms with Crippen molar-refractivity contribution in [1.82, 2.24) is 5.32 Å². The van der Waals surface area contributed by atoms with E-state index in [0.717, 1.165) is 12.8 Å². The fraction of sp³-hybridized carbons (Fsp3) is 0.462. The second-order valence-electron chi connectivity index (χ2n) is 4.00. The Bertz CT molecular complexity index is 370. The van der Waals surface area contributed by atoms with Gasteiger partial charge in [-0.3, -0.25) is 4.79 Å². The van der Waals surface area contributed by atoms with Gasteiger partial charge in [-0.15, -0.1) is 0 Å². The monoisotopic (exact) mass is 301 g/mol. The van der Waals surface area contributed by atoms with E-state index in [1.54, 1.807) is 12.1 Å². The molecule has 1 rings (SSSR count). The average molecular weight is 302 g/mol. The summed E-state index contributed by atoms with van der Waals surface area (Å²) in [7, 11) is 0. The van der Waals surface area contributed by atoms with E-state index in [-0.39, 0.29) is 18.1 Å². The minimum absolute atomic E-state index is 0.0730. The first-order valence-electron chi connectivity index (χ1n) is 5.77. The highest BCUT2D eigenvalue weighted by Crippen LogP contribution is 2.07. The molecule has 17 heavy (non-hydrogen) atoms. The molecule has 0 fully saturated rings. The van der Waals surface area contributed by atoms with E-state index >= 15 is 0 Å². The van der Waals surface area contributed by atoms with E-state index in [1.807, 2.05) is 0 Å². The lowest BCUT2D eigenvalue weighted by Crippen LogP contribution is -2.30. The van der Waals surface area contributed by atoms with E-state index in [2.05, 4.69) is 28.2 Å². The van der Waals surface area contributed by atoms with Crippen molar-refractivity contribution < 1.29 is 9.18 Å². The summed E-state index contributed by atoms with van der Waals surface area (Å²) in [6, 6.07) is 6.12. The Morgan fingerprint density at radius 3 is 2.94 bits per heavy atom. The molecule has 4 heteroatoms. The van der Waals surface area contributed by atoms with Crippen molar-refractivity contribution in [3.05, 3.63) is 35.6 Å². The minimum Gasteiger partial charge on any atom is -0.355 e. The van der Waals surface area contributed by atoms with Crippen molar-refractivity contribution in [2.24, 2.45) is 0 Å². The lowest BCUT2D eigenvalue weighted by molar-refractivity contribution is -0.120. The van der Waals surface area contributed by atoms with Crippen LogP contribution in [0.2, 0.25) is 0 Å². The number of rotatable bonds is 6. The van der Waals surface area contributed by atoms with Crippen LogP contribution in [0, 0.1) is 5.82 Å².